The molecule has 0 aromatic rings. The number of carboxylic acid groups (broad SMARTS) is 1. The number of nitrogens with one attached hydrogen (secondary N) is 1. The van der Waals surface area contributed by atoms with Crippen LogP contribution in [0.15, 0.2) is 0 Å². The van der Waals surface area contributed by atoms with Crippen LogP contribution in [0.1, 0.15) is 47.0 Å². The largest absolute Gasteiger partial charge is 0.480 e. The van der Waals surface area contributed by atoms with Gasteiger partial charge in [0.05, 0.1) is 5.92 Å². The van der Waals surface area contributed by atoms with E-state index in [1.165, 1.54) is 0 Å². The van der Waals surface area contributed by atoms with Crippen LogP contribution in [0.2, 0.25) is 0 Å². The first-order chi connectivity index (χ1) is 10.3. The van der Waals surface area contributed by atoms with E-state index in [4.69, 9.17) is 5.11 Å². The number of hydrogen-bond acceptors (Lipinski definition) is 3. The number of carboxylic acids is 1. The minimum Gasteiger partial charge on any atom is -0.480 e. The van der Waals surface area contributed by atoms with Gasteiger partial charge >= 0.3 is 5.97 Å². The maximum Gasteiger partial charge on any atom is 0.326 e. The molecule has 1 fully saturated rings. The second-order valence-corrected chi connectivity index (χ2v) is 6.50. The average molecular weight is 312 g/mol. The Kier molecular flexibility index (Phi) is 6.84. The summed E-state index contributed by atoms with van der Waals surface area (Å²) in [5.41, 5.74) is 0. The van der Waals surface area contributed by atoms with E-state index >= 15 is 0 Å². The second-order valence-electron chi connectivity index (χ2n) is 6.50. The van der Waals surface area contributed by atoms with Crippen molar-refractivity contribution in [2.24, 2.45) is 17.8 Å². The zero-order valence-electron chi connectivity index (χ0n) is 14.0. The van der Waals surface area contributed by atoms with E-state index in [1.54, 1.807) is 18.7 Å². The Balaban J connectivity index is 2.66. The van der Waals surface area contributed by atoms with Crippen LogP contribution in [0.5, 0.6) is 0 Å². The standard InChI is InChI=1S/C16H28N2O4/c1-5-11(4)15(20)18-8-6-7-12(9-18)14(19)17-13(10(2)3)16(21)22/h10-13H,5-9H2,1-4H3,(H,17,19)(H,21,22)/t11?,12?,13-/m1/s1. The highest BCUT2D eigenvalue weighted by Crippen LogP contribution is 2.20. The number of aliphatic carboxylic acids is 1. The zero-order chi connectivity index (χ0) is 16.9. The Hall–Kier alpha value is -1.59. The van der Waals surface area contributed by atoms with Gasteiger partial charge in [0.25, 0.3) is 0 Å². The predicted molar refractivity (Wildman–Crippen MR) is 83.2 cm³/mol. The Morgan fingerprint density at radius 3 is 2.41 bits per heavy atom. The fourth-order valence-electron chi connectivity index (χ4n) is 2.66. The van der Waals surface area contributed by atoms with Crippen molar-refractivity contribution >= 4 is 17.8 Å². The lowest BCUT2D eigenvalue weighted by molar-refractivity contribution is -0.145. The number of carbonyl (C=O) groups is 3. The van der Waals surface area contributed by atoms with Crippen molar-refractivity contribution in [1.29, 1.82) is 0 Å². The average Bonchev–Trinajstić information content (AvgIpc) is 2.50. The summed E-state index contributed by atoms with van der Waals surface area (Å²) in [6.45, 7) is 8.46. The van der Waals surface area contributed by atoms with E-state index in [-0.39, 0.29) is 29.6 Å². The van der Waals surface area contributed by atoms with Gasteiger partial charge in [-0.05, 0) is 25.2 Å². The first kappa shape index (κ1) is 18.5. The molecular weight excluding hydrogens is 284 g/mol. The van der Waals surface area contributed by atoms with Gasteiger partial charge in [0.15, 0.2) is 0 Å². The summed E-state index contributed by atoms with van der Waals surface area (Å²) in [5, 5.41) is 11.8. The molecule has 2 unspecified atom stereocenters. The number of hydrogen-bond donors (Lipinski definition) is 2. The molecule has 1 aliphatic rings. The normalized spacial score (nSPS) is 21.3. The van der Waals surface area contributed by atoms with Crippen molar-refractivity contribution in [1.82, 2.24) is 10.2 Å². The van der Waals surface area contributed by atoms with Crippen LogP contribution < -0.4 is 5.32 Å². The van der Waals surface area contributed by atoms with Gasteiger partial charge in [-0.3, -0.25) is 9.59 Å². The smallest absolute Gasteiger partial charge is 0.326 e. The Bertz CT molecular complexity index is 422. The molecule has 6 heteroatoms. The van der Waals surface area contributed by atoms with E-state index in [9.17, 15) is 14.4 Å². The van der Waals surface area contributed by atoms with Gasteiger partial charge in [-0.2, -0.15) is 0 Å². The molecule has 0 radical (unpaired) electrons. The molecule has 0 bridgehead atoms. The summed E-state index contributed by atoms with van der Waals surface area (Å²) < 4.78 is 0. The molecule has 126 valence electrons. The third-order valence-electron chi connectivity index (χ3n) is 4.37. The Morgan fingerprint density at radius 1 is 1.27 bits per heavy atom. The minimum atomic E-state index is -1.02. The van der Waals surface area contributed by atoms with Crippen molar-refractivity contribution in [3.8, 4) is 0 Å². The molecule has 2 N–H and O–H groups in total. The van der Waals surface area contributed by atoms with Crippen molar-refractivity contribution in [3.63, 3.8) is 0 Å². The highest BCUT2D eigenvalue weighted by atomic mass is 16.4. The van der Waals surface area contributed by atoms with Crippen LogP contribution in [-0.2, 0) is 14.4 Å². The number of likely N-dealkylation sites (tertiary alicyclic amines) is 1. The first-order valence-electron chi connectivity index (χ1n) is 8.09. The molecule has 0 spiro atoms. The molecule has 1 heterocycles. The highest BCUT2D eigenvalue weighted by molar-refractivity contribution is 5.86. The van der Waals surface area contributed by atoms with Gasteiger partial charge in [0, 0.05) is 19.0 Å². The molecule has 0 saturated carbocycles. The molecule has 0 aliphatic carbocycles. The quantitative estimate of drug-likeness (QED) is 0.778. The van der Waals surface area contributed by atoms with E-state index in [0.717, 1.165) is 12.8 Å². The first-order valence-corrected chi connectivity index (χ1v) is 8.09. The van der Waals surface area contributed by atoms with E-state index < -0.39 is 12.0 Å². The molecule has 3 atom stereocenters. The Morgan fingerprint density at radius 2 is 1.91 bits per heavy atom. The summed E-state index contributed by atoms with van der Waals surface area (Å²) in [4.78, 5) is 37.5. The van der Waals surface area contributed by atoms with Crippen molar-refractivity contribution in [3.05, 3.63) is 0 Å². The highest BCUT2D eigenvalue weighted by Gasteiger charge is 2.32. The number of rotatable bonds is 6. The SMILES string of the molecule is CCC(C)C(=O)N1CCCC(C(=O)N[C@@H](C(=O)O)C(C)C)C1. The maximum atomic E-state index is 12.3. The molecule has 1 aliphatic heterocycles. The van der Waals surface area contributed by atoms with Crippen molar-refractivity contribution in [2.75, 3.05) is 13.1 Å². The number of nitrogens with zero attached hydrogens (tertiary/aromatic N) is 1. The van der Waals surface area contributed by atoms with Crippen LogP contribution in [0, 0.1) is 17.8 Å². The summed E-state index contributed by atoms with van der Waals surface area (Å²) in [6.07, 6.45) is 2.25. The summed E-state index contributed by atoms with van der Waals surface area (Å²) in [7, 11) is 0. The fraction of sp³-hybridized carbons (Fsp3) is 0.812. The van der Waals surface area contributed by atoms with Gasteiger partial charge in [0.2, 0.25) is 11.8 Å². The lowest BCUT2D eigenvalue weighted by Crippen LogP contribution is -2.51. The molecule has 1 rings (SSSR count). The van der Waals surface area contributed by atoms with Gasteiger partial charge in [0.1, 0.15) is 6.04 Å². The second kappa shape index (κ2) is 8.15. The van der Waals surface area contributed by atoms with Crippen molar-refractivity contribution < 1.29 is 19.5 Å². The van der Waals surface area contributed by atoms with Gasteiger partial charge < -0.3 is 15.3 Å². The van der Waals surface area contributed by atoms with Crippen LogP contribution in [0.25, 0.3) is 0 Å². The fourth-order valence-corrected chi connectivity index (χ4v) is 2.66. The molecular formula is C16H28N2O4. The van der Waals surface area contributed by atoms with Crippen molar-refractivity contribution in [2.45, 2.75) is 53.0 Å². The maximum absolute atomic E-state index is 12.3. The summed E-state index contributed by atoms with van der Waals surface area (Å²) in [5.74, 6) is -1.73. The monoisotopic (exact) mass is 312 g/mol. The summed E-state index contributed by atoms with van der Waals surface area (Å²) >= 11 is 0. The van der Waals surface area contributed by atoms with Gasteiger partial charge in [-0.15, -0.1) is 0 Å². The predicted octanol–water partition coefficient (Wildman–Crippen LogP) is 1.50. The van der Waals surface area contributed by atoms with E-state index in [1.807, 2.05) is 13.8 Å². The number of carbonyl (C=O) groups excluding carboxylic acids is 2. The van der Waals surface area contributed by atoms with Crippen LogP contribution in [0.3, 0.4) is 0 Å². The van der Waals surface area contributed by atoms with Gasteiger partial charge in [-0.1, -0.05) is 27.7 Å². The Labute approximate surface area is 132 Å². The molecule has 0 aromatic carbocycles. The third kappa shape index (κ3) is 4.71. The summed E-state index contributed by atoms with van der Waals surface area (Å²) in [6, 6.07) is -0.881. The lowest BCUT2D eigenvalue weighted by Gasteiger charge is -2.34. The minimum absolute atomic E-state index is 0.0377. The van der Waals surface area contributed by atoms with E-state index in [0.29, 0.717) is 19.5 Å². The van der Waals surface area contributed by atoms with Gasteiger partial charge in [-0.25, -0.2) is 4.79 Å². The third-order valence-corrected chi connectivity index (χ3v) is 4.37. The zero-order valence-corrected chi connectivity index (χ0v) is 14.0. The molecule has 1 saturated heterocycles. The number of amides is 2. The van der Waals surface area contributed by atoms with E-state index in [2.05, 4.69) is 5.32 Å². The number of piperidine rings is 1. The lowest BCUT2D eigenvalue weighted by atomic mass is 9.94. The van der Waals surface area contributed by atoms with Crippen LogP contribution in [-0.4, -0.2) is 46.9 Å². The molecule has 2 amide bonds. The molecule has 6 nitrogen and oxygen atoms in total. The van der Waals surface area contributed by atoms with Crippen LogP contribution in [0.4, 0.5) is 0 Å². The molecule has 0 aromatic heterocycles. The topological polar surface area (TPSA) is 86.7 Å². The molecule has 22 heavy (non-hydrogen) atoms. The van der Waals surface area contributed by atoms with Crippen LogP contribution >= 0.6 is 0 Å².